The Hall–Kier alpha value is -3.82. The fraction of sp³-hybridized carbons (Fsp3) is 0.333. The number of thioether (sulfide) groups is 1. The number of aromatic hydroxyl groups is 1. The molecule has 0 radical (unpaired) electrons. The van der Waals surface area contributed by atoms with E-state index >= 15 is 0 Å². The number of nitrogens with zero attached hydrogens (tertiary/aromatic N) is 4. The van der Waals surface area contributed by atoms with Crippen molar-refractivity contribution < 1.29 is 14.6 Å². The van der Waals surface area contributed by atoms with Gasteiger partial charge in [-0.05, 0) is 84.0 Å². The molecule has 0 aliphatic heterocycles. The van der Waals surface area contributed by atoms with Gasteiger partial charge in [-0.2, -0.15) is 5.10 Å². The van der Waals surface area contributed by atoms with Crippen LogP contribution in [0.15, 0.2) is 70.9 Å². The van der Waals surface area contributed by atoms with Gasteiger partial charge in [-0.1, -0.05) is 64.9 Å². The first-order valence-electron chi connectivity index (χ1n) is 14.0. The third-order valence-electron chi connectivity index (χ3n) is 6.63. The van der Waals surface area contributed by atoms with Crippen LogP contribution in [0.5, 0.6) is 11.5 Å². The van der Waals surface area contributed by atoms with Gasteiger partial charge in [0, 0.05) is 27.4 Å². The van der Waals surface area contributed by atoms with Gasteiger partial charge in [0.25, 0.3) is 5.91 Å². The number of hydrogen-bond donors (Lipinski definition) is 2. The van der Waals surface area contributed by atoms with Crippen molar-refractivity contribution in [2.24, 2.45) is 5.10 Å². The Labute approximate surface area is 262 Å². The number of hydrogen-bond acceptors (Lipinski definition) is 7. The van der Waals surface area contributed by atoms with Crippen LogP contribution in [-0.4, -0.2) is 44.4 Å². The highest BCUT2D eigenvalue weighted by atomic mass is 35.5. The van der Waals surface area contributed by atoms with Crippen LogP contribution in [-0.2, 0) is 15.6 Å². The summed E-state index contributed by atoms with van der Waals surface area (Å²) in [7, 11) is 0. The van der Waals surface area contributed by atoms with Crippen molar-refractivity contribution in [1.82, 2.24) is 20.2 Å². The van der Waals surface area contributed by atoms with E-state index < -0.39 is 0 Å². The zero-order valence-electron chi connectivity index (χ0n) is 25.6. The maximum Gasteiger partial charge on any atom is 0.250 e. The average Bonchev–Trinajstić information content (AvgIpc) is 3.36. The van der Waals surface area contributed by atoms with Crippen LogP contribution in [0.1, 0.15) is 65.2 Å². The van der Waals surface area contributed by atoms with E-state index in [4.69, 9.17) is 16.3 Å². The van der Waals surface area contributed by atoms with Crippen molar-refractivity contribution in [3.05, 3.63) is 82.4 Å². The average molecular weight is 620 g/mol. The molecule has 226 valence electrons. The Balaban J connectivity index is 1.53. The first-order valence-corrected chi connectivity index (χ1v) is 15.4. The van der Waals surface area contributed by atoms with E-state index in [1.165, 1.54) is 11.8 Å². The molecule has 0 spiro atoms. The summed E-state index contributed by atoms with van der Waals surface area (Å²) >= 11 is 7.36. The van der Waals surface area contributed by atoms with Crippen LogP contribution in [0.3, 0.4) is 0 Å². The maximum atomic E-state index is 12.8. The zero-order chi connectivity index (χ0) is 31.4. The van der Waals surface area contributed by atoms with Gasteiger partial charge in [0.2, 0.25) is 0 Å². The van der Waals surface area contributed by atoms with E-state index in [2.05, 4.69) is 62.3 Å². The molecule has 0 saturated carbocycles. The number of phenolic OH excluding ortho intramolecular Hbond substituents is 1. The summed E-state index contributed by atoms with van der Waals surface area (Å²) < 4.78 is 7.50. The molecule has 0 fully saturated rings. The minimum Gasteiger partial charge on any atom is -0.507 e. The molecule has 3 aromatic carbocycles. The van der Waals surface area contributed by atoms with Gasteiger partial charge in [0.05, 0.1) is 18.6 Å². The van der Waals surface area contributed by atoms with Crippen molar-refractivity contribution in [3.8, 4) is 28.6 Å². The fourth-order valence-electron chi connectivity index (χ4n) is 4.46. The van der Waals surface area contributed by atoms with Crippen LogP contribution in [0.2, 0.25) is 5.02 Å². The monoisotopic (exact) mass is 619 g/mol. The minimum atomic E-state index is -0.290. The van der Waals surface area contributed by atoms with E-state index in [-0.39, 0.29) is 22.5 Å². The van der Waals surface area contributed by atoms with E-state index in [0.29, 0.717) is 28.4 Å². The first-order chi connectivity index (χ1) is 20.3. The summed E-state index contributed by atoms with van der Waals surface area (Å²) in [5.74, 6) is 1.46. The molecule has 2 N–H and O–H groups in total. The Bertz CT molecular complexity index is 1570. The normalized spacial score (nSPS) is 12.1. The Morgan fingerprint density at radius 3 is 2.16 bits per heavy atom. The SMILES string of the molecule is CCOc1ccc(-n2c(SCC(=O)N/N=C/c3cc(C(C)(C)C)c(O)c(C(C)(C)C)c3)nnc2-c2ccc(Cl)cc2)cc1. The number of aromatic nitrogens is 3. The van der Waals surface area contributed by atoms with Crippen LogP contribution >= 0.6 is 23.4 Å². The highest BCUT2D eigenvalue weighted by molar-refractivity contribution is 7.99. The van der Waals surface area contributed by atoms with Gasteiger partial charge in [-0.15, -0.1) is 10.2 Å². The lowest BCUT2D eigenvalue weighted by atomic mass is 9.78. The molecule has 4 aromatic rings. The standard InChI is InChI=1S/C33H38ClN5O3S/c1-8-42-25-15-13-24(14-16-25)39-30(22-9-11-23(34)12-10-22)37-38-31(39)43-20-28(40)36-35-19-21-17-26(32(2,3)4)29(41)27(18-21)33(5,6)7/h9-19,41H,8,20H2,1-7H3,(H,36,40)/b35-19+. The maximum absolute atomic E-state index is 12.8. The van der Waals surface area contributed by atoms with E-state index in [9.17, 15) is 9.90 Å². The van der Waals surface area contributed by atoms with Gasteiger partial charge in [0.1, 0.15) is 11.5 Å². The van der Waals surface area contributed by atoms with Gasteiger partial charge in [0.15, 0.2) is 11.0 Å². The molecule has 0 saturated heterocycles. The second-order valence-corrected chi connectivity index (χ2v) is 13.5. The van der Waals surface area contributed by atoms with Gasteiger partial charge >= 0.3 is 0 Å². The number of nitrogens with one attached hydrogen (secondary N) is 1. The number of phenols is 1. The molecule has 0 aliphatic carbocycles. The van der Waals surface area contributed by atoms with Gasteiger partial charge < -0.3 is 9.84 Å². The number of hydrazone groups is 1. The van der Waals surface area contributed by atoms with Crippen LogP contribution in [0, 0.1) is 0 Å². The summed E-state index contributed by atoms with van der Waals surface area (Å²) in [5.41, 5.74) is 6.20. The Morgan fingerprint density at radius 2 is 1.60 bits per heavy atom. The number of halogens is 1. The zero-order valence-corrected chi connectivity index (χ0v) is 27.2. The summed E-state index contributed by atoms with van der Waals surface area (Å²) in [6.45, 7) is 14.8. The van der Waals surface area contributed by atoms with Gasteiger partial charge in [-0.25, -0.2) is 5.43 Å². The fourth-order valence-corrected chi connectivity index (χ4v) is 5.33. The van der Waals surface area contributed by atoms with E-state index in [0.717, 1.165) is 33.7 Å². The number of ether oxygens (including phenoxy) is 1. The molecule has 0 atom stereocenters. The molecule has 8 nitrogen and oxygen atoms in total. The summed E-state index contributed by atoms with van der Waals surface area (Å²) in [5, 5.41) is 25.2. The smallest absolute Gasteiger partial charge is 0.250 e. The van der Waals surface area contributed by atoms with Gasteiger partial charge in [-0.3, -0.25) is 9.36 Å². The first kappa shape index (κ1) is 32.1. The summed E-state index contributed by atoms with van der Waals surface area (Å²) in [6.07, 6.45) is 1.60. The predicted molar refractivity (Wildman–Crippen MR) is 175 cm³/mol. The largest absolute Gasteiger partial charge is 0.507 e. The van der Waals surface area contributed by atoms with E-state index in [1.807, 2.05) is 60.0 Å². The molecular formula is C33H38ClN5O3S. The Morgan fingerprint density at radius 1 is 1.00 bits per heavy atom. The second-order valence-electron chi connectivity index (χ2n) is 12.1. The molecule has 0 unspecified atom stereocenters. The topological polar surface area (TPSA) is 102 Å². The van der Waals surface area contributed by atoms with Crippen molar-refractivity contribution in [1.29, 1.82) is 0 Å². The molecule has 43 heavy (non-hydrogen) atoms. The third kappa shape index (κ3) is 7.97. The van der Waals surface area contributed by atoms with Crippen molar-refractivity contribution in [2.75, 3.05) is 12.4 Å². The molecule has 1 heterocycles. The lowest BCUT2D eigenvalue weighted by Gasteiger charge is -2.27. The lowest BCUT2D eigenvalue weighted by molar-refractivity contribution is -0.118. The van der Waals surface area contributed by atoms with Crippen molar-refractivity contribution in [3.63, 3.8) is 0 Å². The van der Waals surface area contributed by atoms with Crippen LogP contribution in [0.4, 0.5) is 0 Å². The molecule has 1 amide bonds. The number of carbonyl (C=O) groups is 1. The highest BCUT2D eigenvalue weighted by Crippen LogP contribution is 2.39. The summed E-state index contributed by atoms with van der Waals surface area (Å²) in [6, 6.07) is 18.8. The molecule has 1 aromatic heterocycles. The second kappa shape index (κ2) is 13.2. The molecule has 4 rings (SSSR count). The minimum absolute atomic E-state index is 0.0726. The number of rotatable bonds is 9. The molecule has 0 bridgehead atoms. The van der Waals surface area contributed by atoms with Crippen LogP contribution < -0.4 is 10.2 Å². The molecule has 10 heteroatoms. The molecular weight excluding hydrogens is 582 g/mol. The number of carbonyl (C=O) groups excluding carboxylic acids is 1. The molecule has 0 aliphatic rings. The number of benzene rings is 3. The third-order valence-corrected chi connectivity index (χ3v) is 7.81. The predicted octanol–water partition coefficient (Wildman–Crippen LogP) is 7.53. The Kier molecular flexibility index (Phi) is 9.87. The van der Waals surface area contributed by atoms with E-state index in [1.54, 1.807) is 18.3 Å². The van der Waals surface area contributed by atoms with Crippen molar-refractivity contribution in [2.45, 2.75) is 64.5 Å². The number of amides is 1. The summed E-state index contributed by atoms with van der Waals surface area (Å²) in [4.78, 5) is 12.8. The lowest BCUT2D eigenvalue weighted by Crippen LogP contribution is -2.20. The highest BCUT2D eigenvalue weighted by Gasteiger charge is 2.26. The van der Waals surface area contributed by atoms with Crippen molar-refractivity contribution >= 4 is 35.5 Å². The van der Waals surface area contributed by atoms with Crippen LogP contribution in [0.25, 0.3) is 17.1 Å². The quantitative estimate of drug-likeness (QED) is 0.114.